The molecule has 0 aromatic rings. The largest absolute Gasteiger partial charge is 0.286 e. The molecule has 0 bridgehead atoms. The van der Waals surface area contributed by atoms with E-state index in [1.807, 2.05) is 0 Å². The highest BCUT2D eigenvalue weighted by Gasteiger charge is 2.33. The van der Waals surface area contributed by atoms with Crippen LogP contribution in [-0.2, 0) is 0 Å². The number of dihydropyridines is 1. The van der Waals surface area contributed by atoms with E-state index in [4.69, 9.17) is 4.99 Å². The quantitative estimate of drug-likeness (QED) is 0.446. The fourth-order valence-corrected chi connectivity index (χ4v) is 4.17. The van der Waals surface area contributed by atoms with Crippen molar-refractivity contribution in [2.75, 3.05) is 0 Å². The van der Waals surface area contributed by atoms with Crippen LogP contribution in [0.1, 0.15) is 86.5 Å². The van der Waals surface area contributed by atoms with E-state index in [2.05, 4.69) is 72.1 Å². The molecule has 1 unspecified atom stereocenters. The smallest absolute Gasteiger partial charge is 0.0830 e. The van der Waals surface area contributed by atoms with Crippen LogP contribution in [0.15, 0.2) is 62.7 Å². The van der Waals surface area contributed by atoms with Gasteiger partial charge in [0.1, 0.15) is 0 Å². The number of rotatable bonds is 7. The van der Waals surface area contributed by atoms with Gasteiger partial charge in [0.05, 0.1) is 5.54 Å². The highest BCUT2D eigenvalue weighted by atomic mass is 14.9. The Kier molecular flexibility index (Phi) is 7.43. The van der Waals surface area contributed by atoms with Gasteiger partial charge in [0.2, 0.25) is 0 Å². The van der Waals surface area contributed by atoms with Crippen molar-refractivity contribution < 1.29 is 0 Å². The molecule has 0 aromatic heterocycles. The zero-order valence-corrected chi connectivity index (χ0v) is 17.8. The molecule has 0 spiro atoms. The maximum Gasteiger partial charge on any atom is 0.0830 e. The molecule has 1 nitrogen and oxygen atoms in total. The van der Waals surface area contributed by atoms with Crippen LogP contribution in [0.4, 0.5) is 0 Å². The lowest BCUT2D eigenvalue weighted by atomic mass is 9.76. The second-order valence-corrected chi connectivity index (χ2v) is 7.96. The van der Waals surface area contributed by atoms with Gasteiger partial charge in [-0.05, 0) is 80.7 Å². The fourth-order valence-electron chi connectivity index (χ4n) is 4.17. The van der Waals surface area contributed by atoms with Gasteiger partial charge in [-0.1, -0.05) is 57.1 Å². The van der Waals surface area contributed by atoms with E-state index in [1.54, 1.807) is 0 Å². The van der Waals surface area contributed by atoms with Gasteiger partial charge in [-0.2, -0.15) is 0 Å². The Hall–Kier alpha value is -1.63. The molecule has 142 valence electrons. The first-order chi connectivity index (χ1) is 12.4. The zero-order valence-electron chi connectivity index (χ0n) is 17.8. The third kappa shape index (κ3) is 4.75. The molecule has 0 fully saturated rings. The molecule has 0 N–H and O–H groups in total. The predicted octanol–water partition coefficient (Wildman–Crippen LogP) is 7.68. The van der Waals surface area contributed by atoms with Crippen molar-refractivity contribution in [3.63, 3.8) is 0 Å². The first-order valence-electron chi connectivity index (χ1n) is 10.5. The summed E-state index contributed by atoms with van der Waals surface area (Å²) in [4.78, 5) is 5.01. The summed E-state index contributed by atoms with van der Waals surface area (Å²) in [5, 5.41) is 0. The van der Waals surface area contributed by atoms with Crippen LogP contribution in [0.25, 0.3) is 0 Å². The zero-order chi connectivity index (χ0) is 19.2. The van der Waals surface area contributed by atoms with Crippen molar-refractivity contribution in [3.05, 3.63) is 57.7 Å². The van der Waals surface area contributed by atoms with Crippen LogP contribution in [0.2, 0.25) is 0 Å². The lowest BCUT2D eigenvalue weighted by molar-refractivity contribution is 0.495. The maximum absolute atomic E-state index is 5.01. The highest BCUT2D eigenvalue weighted by molar-refractivity contribution is 5.70. The molecule has 2 aliphatic rings. The summed E-state index contributed by atoms with van der Waals surface area (Å²) in [6, 6.07) is 0. The van der Waals surface area contributed by atoms with Crippen LogP contribution in [0.5, 0.6) is 0 Å². The van der Waals surface area contributed by atoms with Crippen LogP contribution < -0.4 is 0 Å². The number of nitrogens with zero attached hydrogens (tertiary/aromatic N) is 1. The molecule has 0 aromatic carbocycles. The third-order valence-corrected chi connectivity index (χ3v) is 5.77. The van der Waals surface area contributed by atoms with E-state index in [-0.39, 0.29) is 5.54 Å². The number of allylic oxidation sites excluding steroid dienone is 8. The fraction of sp³-hybridized carbons (Fsp3) is 0.560. The molecule has 1 heteroatoms. The number of aliphatic imine (C=N–C) groups is 1. The van der Waals surface area contributed by atoms with Gasteiger partial charge in [0.25, 0.3) is 0 Å². The van der Waals surface area contributed by atoms with Crippen molar-refractivity contribution in [2.45, 2.75) is 92.0 Å². The van der Waals surface area contributed by atoms with Gasteiger partial charge in [-0.3, -0.25) is 4.99 Å². The summed E-state index contributed by atoms with van der Waals surface area (Å²) >= 11 is 0. The van der Waals surface area contributed by atoms with Gasteiger partial charge in [0.15, 0.2) is 0 Å². The minimum atomic E-state index is -0.0896. The van der Waals surface area contributed by atoms with Gasteiger partial charge in [-0.25, -0.2) is 0 Å². The Morgan fingerprint density at radius 2 is 1.92 bits per heavy atom. The molecule has 26 heavy (non-hydrogen) atoms. The summed E-state index contributed by atoms with van der Waals surface area (Å²) in [5.41, 5.74) is 8.74. The standard InChI is InChI=1S/C25H37N/c1-7-15-25(6)24(23(14-16-26-25)17-19(4)8-2)21(9-3)18-22-13-11-10-12-20(22)5/h10,12,16-18H,7-9,11,13-15H2,1-6H3/b19-17+,21-18-. The van der Waals surface area contributed by atoms with Crippen LogP contribution in [0.3, 0.4) is 0 Å². The van der Waals surface area contributed by atoms with Crippen molar-refractivity contribution in [2.24, 2.45) is 4.99 Å². The van der Waals surface area contributed by atoms with E-state index in [0.29, 0.717) is 0 Å². The molecule has 1 atom stereocenters. The summed E-state index contributed by atoms with van der Waals surface area (Å²) in [6.07, 6.45) is 19.3. The Labute approximate surface area is 161 Å². The van der Waals surface area contributed by atoms with Gasteiger partial charge >= 0.3 is 0 Å². The topological polar surface area (TPSA) is 12.4 Å². The molecular weight excluding hydrogens is 314 g/mol. The molecule has 0 radical (unpaired) electrons. The Bertz CT molecular complexity index is 694. The van der Waals surface area contributed by atoms with Gasteiger partial charge < -0.3 is 0 Å². The average Bonchev–Trinajstić information content (AvgIpc) is 2.62. The van der Waals surface area contributed by atoms with Crippen molar-refractivity contribution in [1.29, 1.82) is 0 Å². The SMILES string of the molecule is CCCC1(C)N=CCC(/C=C(\C)CC)=C1C(=C\C1=C(C)C=CCC1)/CC. The molecular formula is C25H37N. The van der Waals surface area contributed by atoms with Crippen molar-refractivity contribution >= 4 is 6.21 Å². The molecule has 0 amide bonds. The Balaban J connectivity index is 2.62. The van der Waals surface area contributed by atoms with Gasteiger partial charge in [0, 0.05) is 12.6 Å². The minimum Gasteiger partial charge on any atom is -0.286 e. The molecule has 1 aliphatic heterocycles. The Morgan fingerprint density at radius 1 is 1.15 bits per heavy atom. The van der Waals surface area contributed by atoms with Gasteiger partial charge in [-0.15, -0.1) is 0 Å². The van der Waals surface area contributed by atoms with Crippen molar-refractivity contribution in [3.8, 4) is 0 Å². The molecule has 1 heterocycles. The van der Waals surface area contributed by atoms with Crippen LogP contribution in [0, 0.1) is 0 Å². The second-order valence-electron chi connectivity index (χ2n) is 7.96. The van der Waals surface area contributed by atoms with E-state index < -0.39 is 0 Å². The minimum absolute atomic E-state index is 0.0896. The molecule has 0 saturated heterocycles. The highest BCUT2D eigenvalue weighted by Crippen LogP contribution is 2.40. The normalized spacial score (nSPS) is 24.7. The average molecular weight is 352 g/mol. The van der Waals surface area contributed by atoms with E-state index in [9.17, 15) is 0 Å². The maximum atomic E-state index is 5.01. The summed E-state index contributed by atoms with van der Waals surface area (Å²) in [7, 11) is 0. The number of hydrogen-bond acceptors (Lipinski definition) is 1. The Morgan fingerprint density at radius 3 is 2.54 bits per heavy atom. The first kappa shape index (κ1) is 20.7. The molecule has 1 aliphatic carbocycles. The van der Waals surface area contributed by atoms with Crippen LogP contribution >= 0.6 is 0 Å². The summed E-state index contributed by atoms with van der Waals surface area (Å²) in [5.74, 6) is 0. The molecule has 0 saturated carbocycles. The monoisotopic (exact) mass is 351 g/mol. The third-order valence-electron chi connectivity index (χ3n) is 5.77. The lowest BCUT2D eigenvalue weighted by Crippen LogP contribution is -2.30. The van der Waals surface area contributed by atoms with Crippen LogP contribution in [-0.4, -0.2) is 11.8 Å². The van der Waals surface area contributed by atoms with E-state index in [0.717, 1.165) is 44.9 Å². The predicted molar refractivity (Wildman–Crippen MR) is 117 cm³/mol. The molecule has 2 rings (SSSR count). The number of hydrogen-bond donors (Lipinski definition) is 0. The lowest BCUT2D eigenvalue weighted by Gasteiger charge is -2.35. The summed E-state index contributed by atoms with van der Waals surface area (Å²) < 4.78 is 0. The van der Waals surface area contributed by atoms with E-state index >= 15 is 0 Å². The first-order valence-corrected chi connectivity index (χ1v) is 10.5. The van der Waals surface area contributed by atoms with E-state index in [1.165, 1.54) is 33.4 Å². The van der Waals surface area contributed by atoms with Crippen molar-refractivity contribution in [1.82, 2.24) is 0 Å². The summed E-state index contributed by atoms with van der Waals surface area (Å²) in [6.45, 7) is 13.6. The second kappa shape index (κ2) is 9.35.